The molecule has 0 aromatic carbocycles. The summed E-state index contributed by atoms with van der Waals surface area (Å²) in [5.74, 6) is 0.276. The smallest absolute Gasteiger partial charge is 0.252 e. The Bertz CT molecular complexity index is 497. The molecule has 116 valence electrons. The van der Waals surface area contributed by atoms with Gasteiger partial charge in [0.25, 0.3) is 10.0 Å². The minimum absolute atomic E-state index is 0.276. The third-order valence-corrected chi connectivity index (χ3v) is 6.05. The lowest BCUT2D eigenvalue weighted by molar-refractivity contribution is 0.175. The third kappa shape index (κ3) is 4.82. The normalized spacial score (nSPS) is 12.5. The van der Waals surface area contributed by atoms with Gasteiger partial charge < -0.3 is 10.1 Å². The van der Waals surface area contributed by atoms with Gasteiger partial charge in [0.1, 0.15) is 4.21 Å². The molecule has 0 saturated heterocycles. The van der Waals surface area contributed by atoms with Gasteiger partial charge in [0, 0.05) is 26.7 Å². The van der Waals surface area contributed by atoms with Crippen LogP contribution in [0.5, 0.6) is 0 Å². The summed E-state index contributed by atoms with van der Waals surface area (Å²) in [6, 6.07) is 1.75. The van der Waals surface area contributed by atoms with E-state index in [2.05, 4.69) is 5.32 Å². The van der Waals surface area contributed by atoms with Crippen molar-refractivity contribution >= 4 is 21.4 Å². The lowest BCUT2D eigenvalue weighted by Gasteiger charge is -2.22. The number of hydrogen-bond donors (Lipinski definition) is 1. The van der Waals surface area contributed by atoms with Gasteiger partial charge in [-0.2, -0.15) is 4.31 Å². The first-order chi connectivity index (χ1) is 9.41. The molecule has 0 spiro atoms. The highest BCUT2D eigenvalue weighted by Gasteiger charge is 2.26. The van der Waals surface area contributed by atoms with Crippen molar-refractivity contribution in [2.75, 3.05) is 33.9 Å². The first kappa shape index (κ1) is 17.6. The number of sulfonamides is 1. The summed E-state index contributed by atoms with van der Waals surface area (Å²) in [7, 11) is 0.000668. The molecule has 0 aliphatic heterocycles. The Morgan fingerprint density at radius 3 is 2.70 bits per heavy atom. The summed E-state index contributed by atoms with van der Waals surface area (Å²) in [6.07, 6.45) is 0. The fraction of sp³-hybridized carbons (Fsp3) is 0.692. The van der Waals surface area contributed by atoms with Gasteiger partial charge in [0.15, 0.2) is 0 Å². The quantitative estimate of drug-likeness (QED) is 0.753. The van der Waals surface area contributed by atoms with Crippen LogP contribution in [-0.4, -0.2) is 46.6 Å². The largest absolute Gasteiger partial charge is 0.383 e. The molecule has 1 N–H and O–H groups in total. The molecule has 0 bridgehead atoms. The molecule has 0 radical (unpaired) electrons. The highest BCUT2D eigenvalue weighted by Crippen LogP contribution is 2.24. The molecule has 0 atom stereocenters. The monoisotopic (exact) mass is 320 g/mol. The molecule has 0 saturated carbocycles. The minimum atomic E-state index is -3.42. The summed E-state index contributed by atoms with van der Waals surface area (Å²) in [6.45, 7) is 5.99. The van der Waals surface area contributed by atoms with Crippen LogP contribution in [0, 0.1) is 5.92 Å². The predicted octanol–water partition coefficient (Wildman–Crippen LogP) is 1.76. The summed E-state index contributed by atoms with van der Waals surface area (Å²) in [5, 5.41) is 4.90. The van der Waals surface area contributed by atoms with Crippen molar-refractivity contribution in [2.45, 2.75) is 24.6 Å². The van der Waals surface area contributed by atoms with Gasteiger partial charge in [-0.1, -0.05) is 13.8 Å². The Morgan fingerprint density at radius 1 is 1.45 bits per heavy atom. The Morgan fingerprint density at radius 2 is 2.15 bits per heavy atom. The van der Waals surface area contributed by atoms with Gasteiger partial charge in [-0.05, 0) is 30.0 Å². The van der Waals surface area contributed by atoms with Gasteiger partial charge in [0.2, 0.25) is 0 Å². The summed E-state index contributed by atoms with van der Waals surface area (Å²) >= 11 is 1.27. The van der Waals surface area contributed by atoms with Crippen molar-refractivity contribution in [3.63, 3.8) is 0 Å². The SMILES string of the molecule is CNCc1csc(S(=O)(=O)N(CCOC)CC(C)C)c1. The number of hydrogen-bond acceptors (Lipinski definition) is 5. The van der Waals surface area contributed by atoms with Crippen molar-refractivity contribution in [2.24, 2.45) is 5.92 Å². The zero-order valence-electron chi connectivity index (χ0n) is 12.5. The van der Waals surface area contributed by atoms with Crippen molar-refractivity contribution in [3.8, 4) is 0 Å². The standard InChI is InChI=1S/C13H24N2O3S2/c1-11(2)9-15(5-6-18-4)20(16,17)13-7-12(8-14-3)10-19-13/h7,10-11,14H,5-6,8-9H2,1-4H3. The molecular formula is C13H24N2O3S2. The van der Waals surface area contributed by atoms with E-state index in [0.717, 1.165) is 5.56 Å². The van der Waals surface area contributed by atoms with Crippen LogP contribution in [0.4, 0.5) is 0 Å². The number of nitrogens with zero attached hydrogens (tertiary/aromatic N) is 1. The number of methoxy groups -OCH3 is 1. The molecule has 1 aromatic rings. The summed E-state index contributed by atoms with van der Waals surface area (Å²) < 4.78 is 32.2. The third-order valence-electron chi connectivity index (χ3n) is 2.72. The van der Waals surface area contributed by atoms with E-state index in [1.165, 1.54) is 15.6 Å². The van der Waals surface area contributed by atoms with Crippen molar-refractivity contribution in [3.05, 3.63) is 17.0 Å². The molecule has 5 nitrogen and oxygen atoms in total. The Labute approximate surface area is 126 Å². The second-order valence-corrected chi connectivity index (χ2v) is 8.13. The van der Waals surface area contributed by atoms with Gasteiger partial charge >= 0.3 is 0 Å². The van der Waals surface area contributed by atoms with Crippen LogP contribution in [-0.2, 0) is 21.3 Å². The molecule has 0 aliphatic rings. The topological polar surface area (TPSA) is 58.6 Å². The molecule has 0 unspecified atom stereocenters. The van der Waals surface area contributed by atoms with Crippen LogP contribution in [0.2, 0.25) is 0 Å². The highest BCUT2D eigenvalue weighted by atomic mass is 32.2. The van der Waals surface area contributed by atoms with E-state index in [9.17, 15) is 8.42 Å². The number of thiophene rings is 1. The van der Waals surface area contributed by atoms with E-state index in [-0.39, 0.29) is 5.92 Å². The lowest BCUT2D eigenvalue weighted by Crippen LogP contribution is -2.36. The van der Waals surface area contributed by atoms with Crippen LogP contribution in [0.25, 0.3) is 0 Å². The zero-order chi connectivity index (χ0) is 15.2. The first-order valence-corrected chi connectivity index (χ1v) is 8.95. The van der Waals surface area contributed by atoms with E-state index in [4.69, 9.17) is 4.74 Å². The predicted molar refractivity (Wildman–Crippen MR) is 82.6 cm³/mol. The van der Waals surface area contributed by atoms with Gasteiger partial charge in [-0.15, -0.1) is 11.3 Å². The van der Waals surface area contributed by atoms with Crippen molar-refractivity contribution in [1.29, 1.82) is 0 Å². The van der Waals surface area contributed by atoms with Crippen molar-refractivity contribution < 1.29 is 13.2 Å². The summed E-state index contributed by atoms with van der Waals surface area (Å²) in [5.41, 5.74) is 0.993. The van der Waals surface area contributed by atoms with E-state index >= 15 is 0 Å². The van der Waals surface area contributed by atoms with Crippen LogP contribution in [0.1, 0.15) is 19.4 Å². The molecule has 0 fully saturated rings. The molecule has 1 rings (SSSR count). The number of ether oxygens (including phenoxy) is 1. The van der Waals surface area contributed by atoms with E-state index in [1.807, 2.05) is 26.3 Å². The average Bonchev–Trinajstić information content (AvgIpc) is 2.83. The zero-order valence-corrected chi connectivity index (χ0v) is 14.2. The van der Waals surface area contributed by atoms with Crippen LogP contribution < -0.4 is 5.32 Å². The maximum Gasteiger partial charge on any atom is 0.252 e. The van der Waals surface area contributed by atoms with Crippen LogP contribution >= 0.6 is 11.3 Å². The molecule has 1 heterocycles. The average molecular weight is 320 g/mol. The highest BCUT2D eigenvalue weighted by molar-refractivity contribution is 7.91. The maximum atomic E-state index is 12.7. The lowest BCUT2D eigenvalue weighted by atomic mass is 10.2. The number of nitrogens with one attached hydrogen (secondary N) is 1. The second kappa shape index (κ2) is 8.09. The Balaban J connectivity index is 2.94. The molecule has 0 amide bonds. The second-order valence-electron chi connectivity index (χ2n) is 5.05. The fourth-order valence-electron chi connectivity index (χ4n) is 1.82. The summed E-state index contributed by atoms with van der Waals surface area (Å²) in [4.78, 5) is 0. The van der Waals surface area contributed by atoms with Gasteiger partial charge in [0.05, 0.1) is 6.61 Å². The van der Waals surface area contributed by atoms with Gasteiger partial charge in [-0.3, -0.25) is 0 Å². The number of rotatable bonds is 9. The van der Waals surface area contributed by atoms with E-state index in [1.54, 1.807) is 13.2 Å². The van der Waals surface area contributed by atoms with E-state index < -0.39 is 10.0 Å². The molecular weight excluding hydrogens is 296 g/mol. The minimum Gasteiger partial charge on any atom is -0.383 e. The molecule has 0 aliphatic carbocycles. The Kier molecular flexibility index (Phi) is 7.11. The van der Waals surface area contributed by atoms with Gasteiger partial charge in [-0.25, -0.2) is 8.42 Å². The molecule has 7 heteroatoms. The van der Waals surface area contributed by atoms with Crippen LogP contribution in [0.3, 0.4) is 0 Å². The van der Waals surface area contributed by atoms with Crippen molar-refractivity contribution in [1.82, 2.24) is 9.62 Å². The maximum absolute atomic E-state index is 12.7. The Hall–Kier alpha value is -0.470. The van der Waals surface area contributed by atoms with Crippen LogP contribution in [0.15, 0.2) is 15.7 Å². The molecule has 20 heavy (non-hydrogen) atoms. The van der Waals surface area contributed by atoms with E-state index in [0.29, 0.717) is 30.5 Å². The fourth-order valence-corrected chi connectivity index (χ4v) is 4.77. The molecule has 1 aromatic heterocycles. The first-order valence-electron chi connectivity index (χ1n) is 6.63.